The van der Waals surface area contributed by atoms with Crippen LogP contribution in [0.5, 0.6) is 0 Å². The minimum absolute atomic E-state index is 0.114. The zero-order valence-corrected chi connectivity index (χ0v) is 11.4. The number of hydrogen-bond acceptors (Lipinski definition) is 2. The maximum absolute atomic E-state index is 12.5. The second-order valence-electron chi connectivity index (χ2n) is 5.21. The van der Waals surface area contributed by atoms with E-state index >= 15 is 0 Å². The van der Waals surface area contributed by atoms with Crippen LogP contribution in [0.2, 0.25) is 0 Å². The summed E-state index contributed by atoms with van der Waals surface area (Å²) < 4.78 is 0. The highest BCUT2D eigenvalue weighted by Crippen LogP contribution is 2.33. The van der Waals surface area contributed by atoms with Gasteiger partial charge in [0.2, 0.25) is 0 Å². The lowest BCUT2D eigenvalue weighted by molar-refractivity contribution is -0.121. The molecule has 1 unspecified atom stereocenters. The molecule has 98 valence electrons. The summed E-state index contributed by atoms with van der Waals surface area (Å²) in [6.45, 7) is 5.27. The van der Waals surface area contributed by atoms with Gasteiger partial charge in [0, 0.05) is 24.6 Å². The van der Waals surface area contributed by atoms with Crippen LogP contribution in [0.15, 0.2) is 24.3 Å². The Balaban J connectivity index is 2.12. The summed E-state index contributed by atoms with van der Waals surface area (Å²) in [6, 6.07) is 8.23. The lowest BCUT2D eigenvalue weighted by atomic mass is 9.83. The predicted octanol–water partition coefficient (Wildman–Crippen LogP) is 3.98. The Hall–Kier alpha value is -1.31. The Morgan fingerprint density at radius 1 is 1.33 bits per heavy atom. The third-order valence-corrected chi connectivity index (χ3v) is 4.12. The van der Waals surface area contributed by atoms with Crippen LogP contribution in [-0.4, -0.2) is 12.3 Å². The molecule has 1 aromatic carbocycles. The average Bonchev–Trinajstić information content (AvgIpc) is 2.43. The molecule has 0 bridgehead atoms. The first-order chi connectivity index (χ1) is 8.76. The summed E-state index contributed by atoms with van der Waals surface area (Å²) in [5, 5.41) is 3.38. The van der Waals surface area contributed by atoms with Gasteiger partial charge in [0.1, 0.15) is 5.78 Å². The van der Waals surface area contributed by atoms with Crippen molar-refractivity contribution < 1.29 is 4.79 Å². The molecule has 0 aromatic heterocycles. The molecular weight excluding hydrogens is 222 g/mol. The second kappa shape index (κ2) is 6.03. The molecule has 2 heteroatoms. The molecule has 18 heavy (non-hydrogen) atoms. The van der Waals surface area contributed by atoms with E-state index in [1.165, 1.54) is 5.56 Å². The third kappa shape index (κ3) is 2.74. The van der Waals surface area contributed by atoms with E-state index in [4.69, 9.17) is 0 Å². The Kier molecular flexibility index (Phi) is 4.40. The number of rotatable bonds is 5. The van der Waals surface area contributed by atoms with Gasteiger partial charge in [-0.2, -0.15) is 0 Å². The third-order valence-electron chi connectivity index (χ3n) is 4.12. The topological polar surface area (TPSA) is 29.1 Å². The maximum atomic E-state index is 12.5. The lowest BCUT2D eigenvalue weighted by Gasteiger charge is -2.26. The molecule has 0 amide bonds. The molecule has 1 atom stereocenters. The molecule has 1 aliphatic heterocycles. The number of carbonyl (C=O) groups is 1. The number of ketones is 1. The summed E-state index contributed by atoms with van der Waals surface area (Å²) in [5.41, 5.74) is 2.34. The van der Waals surface area contributed by atoms with E-state index in [0.29, 0.717) is 11.7 Å². The molecule has 0 saturated carbocycles. The zero-order valence-electron chi connectivity index (χ0n) is 11.4. The van der Waals surface area contributed by atoms with Gasteiger partial charge in [-0.1, -0.05) is 44.9 Å². The first-order valence-corrected chi connectivity index (χ1v) is 7.11. The first kappa shape index (κ1) is 13.1. The van der Waals surface area contributed by atoms with E-state index in [1.54, 1.807) is 0 Å². The molecule has 1 aromatic rings. The van der Waals surface area contributed by atoms with Gasteiger partial charge < -0.3 is 5.32 Å². The van der Waals surface area contributed by atoms with Gasteiger partial charge in [-0.05, 0) is 24.0 Å². The maximum Gasteiger partial charge on any atom is 0.140 e. The van der Waals surface area contributed by atoms with Crippen molar-refractivity contribution in [1.29, 1.82) is 0 Å². The normalized spacial score (nSPS) is 18.3. The molecule has 2 nitrogen and oxygen atoms in total. The van der Waals surface area contributed by atoms with Crippen molar-refractivity contribution >= 4 is 11.5 Å². The Bertz CT molecular complexity index is 409. The minimum atomic E-state index is 0.114. The van der Waals surface area contributed by atoms with Gasteiger partial charge in [0.05, 0.1) is 0 Å². The average molecular weight is 245 g/mol. The molecule has 0 saturated heterocycles. The summed E-state index contributed by atoms with van der Waals surface area (Å²) in [5.74, 6) is 1.10. The fourth-order valence-electron chi connectivity index (χ4n) is 2.81. The largest absolute Gasteiger partial charge is 0.385 e. The van der Waals surface area contributed by atoms with Crippen LogP contribution < -0.4 is 5.32 Å². The van der Waals surface area contributed by atoms with Crippen molar-refractivity contribution in [3.05, 3.63) is 29.8 Å². The van der Waals surface area contributed by atoms with Crippen LogP contribution in [0.1, 0.15) is 51.0 Å². The van der Waals surface area contributed by atoms with Crippen molar-refractivity contribution in [3.8, 4) is 0 Å². The smallest absolute Gasteiger partial charge is 0.140 e. The SMILES string of the molecule is CCC(CC)CC(=O)C1CCNc2ccccc21. The van der Waals surface area contributed by atoms with E-state index in [9.17, 15) is 4.79 Å². The van der Waals surface area contributed by atoms with Gasteiger partial charge in [0.25, 0.3) is 0 Å². The Morgan fingerprint density at radius 2 is 2.06 bits per heavy atom. The van der Waals surface area contributed by atoms with Crippen LogP contribution in [0.4, 0.5) is 5.69 Å². The number of Topliss-reactive ketones (excluding diaryl/α,β-unsaturated/α-hetero) is 1. The van der Waals surface area contributed by atoms with Crippen molar-refractivity contribution in [2.45, 2.75) is 45.4 Å². The lowest BCUT2D eigenvalue weighted by Crippen LogP contribution is -2.24. The number of anilines is 1. The van der Waals surface area contributed by atoms with Crippen LogP contribution in [0.25, 0.3) is 0 Å². The summed E-state index contributed by atoms with van der Waals surface area (Å²) >= 11 is 0. The van der Waals surface area contributed by atoms with E-state index in [2.05, 4.69) is 31.3 Å². The molecule has 1 aliphatic rings. The molecule has 0 radical (unpaired) electrons. The van der Waals surface area contributed by atoms with E-state index in [1.807, 2.05) is 12.1 Å². The van der Waals surface area contributed by atoms with Gasteiger partial charge in [-0.15, -0.1) is 0 Å². The highest BCUT2D eigenvalue weighted by atomic mass is 16.1. The molecule has 1 N–H and O–H groups in total. The highest BCUT2D eigenvalue weighted by Gasteiger charge is 2.26. The minimum Gasteiger partial charge on any atom is -0.385 e. The predicted molar refractivity (Wildman–Crippen MR) is 76.0 cm³/mol. The molecule has 0 fully saturated rings. The number of benzene rings is 1. The number of para-hydroxylation sites is 1. The Morgan fingerprint density at radius 3 is 2.78 bits per heavy atom. The number of fused-ring (bicyclic) bond motifs is 1. The molecular formula is C16H23NO. The van der Waals surface area contributed by atoms with E-state index in [-0.39, 0.29) is 5.92 Å². The van der Waals surface area contributed by atoms with E-state index in [0.717, 1.165) is 37.9 Å². The molecule has 1 heterocycles. The second-order valence-corrected chi connectivity index (χ2v) is 5.21. The first-order valence-electron chi connectivity index (χ1n) is 7.11. The Labute approximate surface area is 110 Å². The van der Waals surface area contributed by atoms with Gasteiger partial charge in [-0.25, -0.2) is 0 Å². The van der Waals surface area contributed by atoms with Crippen molar-refractivity contribution in [1.82, 2.24) is 0 Å². The van der Waals surface area contributed by atoms with Crippen LogP contribution >= 0.6 is 0 Å². The summed E-state index contributed by atoms with van der Waals surface area (Å²) in [4.78, 5) is 12.5. The number of hydrogen-bond donors (Lipinski definition) is 1. The quantitative estimate of drug-likeness (QED) is 0.850. The monoisotopic (exact) mass is 245 g/mol. The summed E-state index contributed by atoms with van der Waals surface area (Å²) in [7, 11) is 0. The van der Waals surface area contributed by atoms with Crippen LogP contribution in [-0.2, 0) is 4.79 Å². The highest BCUT2D eigenvalue weighted by molar-refractivity contribution is 5.88. The molecule has 2 rings (SSSR count). The van der Waals surface area contributed by atoms with Crippen molar-refractivity contribution in [3.63, 3.8) is 0 Å². The number of nitrogens with one attached hydrogen (secondary N) is 1. The standard InChI is InChI=1S/C16H23NO/c1-3-12(4-2)11-16(18)14-9-10-17-15-8-6-5-7-13(14)15/h5-8,12,14,17H,3-4,9-11H2,1-2H3. The summed E-state index contributed by atoms with van der Waals surface area (Å²) in [6.07, 6.45) is 3.89. The van der Waals surface area contributed by atoms with Crippen molar-refractivity contribution in [2.75, 3.05) is 11.9 Å². The van der Waals surface area contributed by atoms with Crippen LogP contribution in [0.3, 0.4) is 0 Å². The van der Waals surface area contributed by atoms with E-state index < -0.39 is 0 Å². The van der Waals surface area contributed by atoms with Crippen LogP contribution in [0, 0.1) is 5.92 Å². The molecule has 0 spiro atoms. The zero-order chi connectivity index (χ0) is 13.0. The number of carbonyl (C=O) groups excluding carboxylic acids is 1. The molecule has 0 aliphatic carbocycles. The van der Waals surface area contributed by atoms with Gasteiger partial charge in [0.15, 0.2) is 0 Å². The van der Waals surface area contributed by atoms with Crippen molar-refractivity contribution in [2.24, 2.45) is 5.92 Å². The fourth-order valence-corrected chi connectivity index (χ4v) is 2.81. The van der Waals surface area contributed by atoms with Gasteiger partial charge in [-0.3, -0.25) is 4.79 Å². The fraction of sp³-hybridized carbons (Fsp3) is 0.562. The van der Waals surface area contributed by atoms with Gasteiger partial charge >= 0.3 is 0 Å².